The van der Waals surface area contributed by atoms with Crippen molar-refractivity contribution >= 4 is 5.69 Å². The SMILES string of the molecule is c1cnn(CCNc2ccc3c(c2)OCO3)c1. The number of ether oxygens (including phenoxy) is 2. The van der Waals surface area contributed by atoms with E-state index in [9.17, 15) is 0 Å². The highest BCUT2D eigenvalue weighted by Gasteiger charge is 2.12. The minimum atomic E-state index is 0.312. The average Bonchev–Trinajstić information content (AvgIpc) is 2.98. The molecule has 5 heteroatoms. The summed E-state index contributed by atoms with van der Waals surface area (Å²) in [6, 6.07) is 7.77. The van der Waals surface area contributed by atoms with Gasteiger partial charge in [-0.15, -0.1) is 0 Å². The zero-order chi connectivity index (χ0) is 11.5. The Morgan fingerprint density at radius 3 is 3.12 bits per heavy atom. The fourth-order valence-corrected chi connectivity index (χ4v) is 1.75. The zero-order valence-electron chi connectivity index (χ0n) is 9.30. The van der Waals surface area contributed by atoms with Gasteiger partial charge in [0.25, 0.3) is 0 Å². The van der Waals surface area contributed by atoms with Crippen LogP contribution >= 0.6 is 0 Å². The molecule has 0 saturated carbocycles. The number of benzene rings is 1. The monoisotopic (exact) mass is 231 g/mol. The Morgan fingerprint density at radius 1 is 1.29 bits per heavy atom. The van der Waals surface area contributed by atoms with E-state index >= 15 is 0 Å². The number of hydrogen-bond acceptors (Lipinski definition) is 4. The summed E-state index contributed by atoms with van der Waals surface area (Å²) in [4.78, 5) is 0. The van der Waals surface area contributed by atoms with Crippen LogP contribution < -0.4 is 14.8 Å². The van der Waals surface area contributed by atoms with Crippen LogP contribution in [0.25, 0.3) is 0 Å². The van der Waals surface area contributed by atoms with Gasteiger partial charge in [0.05, 0.1) is 6.54 Å². The van der Waals surface area contributed by atoms with Crippen LogP contribution in [0.2, 0.25) is 0 Å². The lowest BCUT2D eigenvalue weighted by Gasteiger charge is -2.07. The van der Waals surface area contributed by atoms with Gasteiger partial charge < -0.3 is 14.8 Å². The third-order valence-corrected chi connectivity index (χ3v) is 2.60. The van der Waals surface area contributed by atoms with Gasteiger partial charge in [-0.2, -0.15) is 5.10 Å². The fourth-order valence-electron chi connectivity index (χ4n) is 1.75. The van der Waals surface area contributed by atoms with Crippen molar-refractivity contribution in [1.82, 2.24) is 9.78 Å². The van der Waals surface area contributed by atoms with Crippen molar-refractivity contribution in [1.29, 1.82) is 0 Å². The Hall–Kier alpha value is -2.17. The van der Waals surface area contributed by atoms with E-state index in [1.807, 2.05) is 35.1 Å². The van der Waals surface area contributed by atoms with Gasteiger partial charge in [0, 0.05) is 30.7 Å². The van der Waals surface area contributed by atoms with Crippen molar-refractivity contribution in [2.75, 3.05) is 18.7 Å². The molecule has 1 aliphatic heterocycles. The number of anilines is 1. The van der Waals surface area contributed by atoms with Gasteiger partial charge in [-0.25, -0.2) is 0 Å². The van der Waals surface area contributed by atoms with Crippen LogP contribution in [-0.4, -0.2) is 23.1 Å². The molecule has 0 aliphatic carbocycles. The van der Waals surface area contributed by atoms with Crippen LogP contribution in [0.5, 0.6) is 11.5 Å². The fraction of sp³-hybridized carbons (Fsp3) is 0.250. The lowest BCUT2D eigenvalue weighted by Crippen LogP contribution is -2.10. The van der Waals surface area contributed by atoms with Crippen molar-refractivity contribution in [3.05, 3.63) is 36.7 Å². The molecule has 1 aromatic heterocycles. The van der Waals surface area contributed by atoms with Gasteiger partial charge in [-0.05, 0) is 18.2 Å². The molecule has 0 bridgehead atoms. The molecule has 0 radical (unpaired) electrons. The highest BCUT2D eigenvalue weighted by Crippen LogP contribution is 2.34. The van der Waals surface area contributed by atoms with E-state index in [4.69, 9.17) is 9.47 Å². The van der Waals surface area contributed by atoms with Crippen LogP contribution in [0.3, 0.4) is 0 Å². The number of rotatable bonds is 4. The normalized spacial score (nSPS) is 12.7. The van der Waals surface area contributed by atoms with Crippen LogP contribution in [-0.2, 0) is 6.54 Å². The Labute approximate surface area is 99.0 Å². The van der Waals surface area contributed by atoms with Crippen molar-refractivity contribution < 1.29 is 9.47 Å². The standard InChI is InChI=1S/C12H13N3O2/c1-4-14-15(6-1)7-5-13-10-2-3-11-12(8-10)17-9-16-11/h1-4,6,8,13H,5,7,9H2. The van der Waals surface area contributed by atoms with Gasteiger partial charge in [-0.1, -0.05) is 0 Å². The van der Waals surface area contributed by atoms with Gasteiger partial charge >= 0.3 is 0 Å². The molecule has 17 heavy (non-hydrogen) atoms. The first kappa shape index (κ1) is 10.0. The molecular weight excluding hydrogens is 218 g/mol. The Morgan fingerprint density at radius 2 is 2.24 bits per heavy atom. The lowest BCUT2D eigenvalue weighted by atomic mass is 10.3. The van der Waals surface area contributed by atoms with E-state index in [-0.39, 0.29) is 0 Å². The minimum Gasteiger partial charge on any atom is -0.454 e. The molecule has 0 atom stereocenters. The van der Waals surface area contributed by atoms with Crippen molar-refractivity contribution in [3.8, 4) is 11.5 Å². The maximum Gasteiger partial charge on any atom is 0.231 e. The molecule has 0 spiro atoms. The molecular formula is C12H13N3O2. The molecule has 1 N–H and O–H groups in total. The van der Waals surface area contributed by atoms with Crippen molar-refractivity contribution in [2.45, 2.75) is 6.54 Å². The Kier molecular flexibility index (Phi) is 2.57. The summed E-state index contributed by atoms with van der Waals surface area (Å²) in [6.45, 7) is 1.97. The van der Waals surface area contributed by atoms with Gasteiger partial charge in [0.15, 0.2) is 11.5 Å². The predicted molar refractivity (Wildman–Crippen MR) is 63.3 cm³/mol. The van der Waals surface area contributed by atoms with Gasteiger partial charge in [0.1, 0.15) is 0 Å². The minimum absolute atomic E-state index is 0.312. The molecule has 0 amide bonds. The Balaban J connectivity index is 1.58. The van der Waals surface area contributed by atoms with Crippen molar-refractivity contribution in [2.24, 2.45) is 0 Å². The highest BCUT2D eigenvalue weighted by molar-refractivity contribution is 5.55. The molecule has 0 fully saturated rings. The maximum atomic E-state index is 5.31. The Bertz CT molecular complexity index is 496. The van der Waals surface area contributed by atoms with Crippen LogP contribution in [0.1, 0.15) is 0 Å². The number of nitrogens with zero attached hydrogens (tertiary/aromatic N) is 2. The van der Waals surface area contributed by atoms with Gasteiger partial charge in [0.2, 0.25) is 6.79 Å². The summed E-state index contributed by atoms with van der Waals surface area (Å²) >= 11 is 0. The number of nitrogens with one attached hydrogen (secondary N) is 1. The topological polar surface area (TPSA) is 48.3 Å². The largest absolute Gasteiger partial charge is 0.454 e. The second-order valence-electron chi connectivity index (χ2n) is 3.76. The molecule has 2 aromatic rings. The number of aromatic nitrogens is 2. The summed E-state index contributed by atoms with van der Waals surface area (Å²) < 4.78 is 12.5. The smallest absolute Gasteiger partial charge is 0.231 e. The summed E-state index contributed by atoms with van der Waals surface area (Å²) in [5.74, 6) is 1.61. The van der Waals surface area contributed by atoms with E-state index in [0.717, 1.165) is 30.3 Å². The van der Waals surface area contributed by atoms with E-state index in [0.29, 0.717) is 6.79 Å². The third kappa shape index (κ3) is 2.18. The maximum absolute atomic E-state index is 5.31. The number of hydrogen-bond donors (Lipinski definition) is 1. The van der Waals surface area contributed by atoms with E-state index in [1.54, 1.807) is 6.20 Å². The summed E-state index contributed by atoms with van der Waals surface area (Å²) in [5, 5.41) is 7.45. The lowest BCUT2D eigenvalue weighted by molar-refractivity contribution is 0.174. The highest BCUT2D eigenvalue weighted by atomic mass is 16.7. The van der Waals surface area contributed by atoms with Crippen LogP contribution in [0.15, 0.2) is 36.7 Å². The molecule has 2 heterocycles. The molecule has 0 unspecified atom stereocenters. The molecule has 88 valence electrons. The van der Waals surface area contributed by atoms with E-state index < -0.39 is 0 Å². The van der Waals surface area contributed by atoms with Crippen LogP contribution in [0, 0.1) is 0 Å². The molecule has 1 aromatic carbocycles. The molecule has 3 rings (SSSR count). The molecule has 0 saturated heterocycles. The van der Waals surface area contributed by atoms with Crippen LogP contribution in [0.4, 0.5) is 5.69 Å². The third-order valence-electron chi connectivity index (χ3n) is 2.60. The molecule has 5 nitrogen and oxygen atoms in total. The predicted octanol–water partition coefficient (Wildman–Crippen LogP) is 1.72. The second kappa shape index (κ2) is 4.37. The summed E-state index contributed by atoms with van der Waals surface area (Å²) in [7, 11) is 0. The first-order valence-electron chi connectivity index (χ1n) is 5.53. The molecule has 1 aliphatic rings. The van der Waals surface area contributed by atoms with E-state index in [2.05, 4.69) is 10.4 Å². The zero-order valence-corrected chi connectivity index (χ0v) is 9.30. The number of fused-ring (bicyclic) bond motifs is 1. The first-order chi connectivity index (χ1) is 8.42. The van der Waals surface area contributed by atoms with Crippen molar-refractivity contribution in [3.63, 3.8) is 0 Å². The van der Waals surface area contributed by atoms with Gasteiger partial charge in [-0.3, -0.25) is 4.68 Å². The summed E-state index contributed by atoms with van der Waals surface area (Å²) in [5.41, 5.74) is 1.03. The quantitative estimate of drug-likeness (QED) is 0.870. The first-order valence-corrected chi connectivity index (χ1v) is 5.53. The van der Waals surface area contributed by atoms with E-state index in [1.165, 1.54) is 0 Å². The second-order valence-corrected chi connectivity index (χ2v) is 3.76. The average molecular weight is 231 g/mol. The summed E-state index contributed by atoms with van der Waals surface area (Å²) in [6.07, 6.45) is 3.72.